The third kappa shape index (κ3) is 3.55. The average molecular weight is 363 g/mol. The molecule has 1 aliphatic heterocycles. The molecule has 0 radical (unpaired) electrons. The fraction of sp³-hybridized carbons (Fsp3) is 0.308. The maximum atomic E-state index is 12.3. The van der Waals surface area contributed by atoms with Crippen LogP contribution >= 0.6 is 35.0 Å². The van der Waals surface area contributed by atoms with Crippen LogP contribution in [0.3, 0.4) is 0 Å². The van der Waals surface area contributed by atoms with E-state index in [4.69, 9.17) is 34.0 Å². The van der Waals surface area contributed by atoms with Gasteiger partial charge in [0.15, 0.2) is 0 Å². The third-order valence-corrected chi connectivity index (χ3v) is 5.12. The molecular formula is C13H12Cl2N2O4S. The van der Waals surface area contributed by atoms with Crippen LogP contribution in [0.15, 0.2) is 18.2 Å². The third-order valence-electron chi connectivity index (χ3n) is 3.06. The number of nitrogens with zero attached hydrogens (tertiary/aromatic N) is 1. The van der Waals surface area contributed by atoms with Gasteiger partial charge in [-0.15, -0.1) is 11.8 Å². The minimum atomic E-state index is -1.15. The predicted octanol–water partition coefficient (Wildman–Crippen LogP) is 1.77. The molecule has 9 heteroatoms. The quantitative estimate of drug-likeness (QED) is 0.774. The van der Waals surface area contributed by atoms with Gasteiger partial charge in [0.05, 0.1) is 21.0 Å². The van der Waals surface area contributed by atoms with Crippen molar-refractivity contribution in [2.24, 2.45) is 5.73 Å². The lowest BCUT2D eigenvalue weighted by atomic mass is 10.3. The van der Waals surface area contributed by atoms with Crippen molar-refractivity contribution in [1.29, 1.82) is 0 Å². The minimum absolute atomic E-state index is 0.00388. The number of carboxylic acids is 1. The van der Waals surface area contributed by atoms with E-state index in [0.717, 1.165) is 16.7 Å². The first kappa shape index (κ1) is 17.1. The Morgan fingerprint density at radius 2 is 2.09 bits per heavy atom. The van der Waals surface area contributed by atoms with E-state index < -0.39 is 23.2 Å². The lowest BCUT2D eigenvalue weighted by Crippen LogP contribution is -2.35. The molecule has 1 heterocycles. The Bertz CT molecular complexity index is 640. The first-order valence-electron chi connectivity index (χ1n) is 6.23. The van der Waals surface area contributed by atoms with E-state index in [1.165, 1.54) is 18.2 Å². The van der Waals surface area contributed by atoms with E-state index in [9.17, 15) is 14.4 Å². The topological polar surface area (TPSA) is 101 Å². The van der Waals surface area contributed by atoms with E-state index >= 15 is 0 Å². The molecule has 0 bridgehead atoms. The first-order chi connectivity index (χ1) is 10.3. The Labute approximate surface area is 140 Å². The molecule has 1 saturated heterocycles. The highest BCUT2D eigenvalue weighted by Gasteiger charge is 2.40. The number of carbonyl (C=O) groups excluding carboxylic acids is 2. The minimum Gasteiger partial charge on any atom is -0.480 e. The number of aliphatic carboxylic acids is 1. The number of amides is 2. The van der Waals surface area contributed by atoms with E-state index in [0.29, 0.717) is 10.7 Å². The second-order valence-corrected chi connectivity index (χ2v) is 6.69. The van der Waals surface area contributed by atoms with Crippen molar-refractivity contribution in [2.75, 3.05) is 10.7 Å². The van der Waals surface area contributed by atoms with Gasteiger partial charge in [-0.1, -0.05) is 23.2 Å². The second-order valence-electron chi connectivity index (χ2n) is 4.64. The van der Waals surface area contributed by atoms with E-state index in [2.05, 4.69) is 0 Å². The van der Waals surface area contributed by atoms with Crippen LogP contribution in [0.2, 0.25) is 10.0 Å². The molecule has 118 valence electrons. The summed E-state index contributed by atoms with van der Waals surface area (Å²) in [5, 5.41) is 8.65. The number of anilines is 1. The highest BCUT2D eigenvalue weighted by atomic mass is 35.5. The molecule has 0 aliphatic carbocycles. The van der Waals surface area contributed by atoms with Crippen molar-refractivity contribution in [2.45, 2.75) is 17.7 Å². The van der Waals surface area contributed by atoms with Crippen molar-refractivity contribution in [3.05, 3.63) is 28.2 Å². The molecule has 6 nitrogen and oxygen atoms in total. The number of halogens is 2. The zero-order valence-electron chi connectivity index (χ0n) is 11.2. The molecule has 22 heavy (non-hydrogen) atoms. The summed E-state index contributed by atoms with van der Waals surface area (Å²) in [7, 11) is 0. The Kier molecular flexibility index (Phi) is 5.33. The number of hydrogen-bond donors (Lipinski definition) is 2. The Morgan fingerprint density at radius 1 is 1.41 bits per heavy atom. The maximum absolute atomic E-state index is 12.3. The molecule has 2 amide bonds. The molecule has 0 saturated carbocycles. The Hall–Kier alpha value is -1.28. The van der Waals surface area contributed by atoms with Crippen molar-refractivity contribution < 1.29 is 19.5 Å². The van der Waals surface area contributed by atoms with Crippen LogP contribution < -0.4 is 10.6 Å². The number of imide groups is 1. The number of hydrogen-bond acceptors (Lipinski definition) is 5. The van der Waals surface area contributed by atoms with E-state index in [1.54, 1.807) is 0 Å². The average Bonchev–Trinajstić information content (AvgIpc) is 2.74. The molecule has 2 atom stereocenters. The van der Waals surface area contributed by atoms with Gasteiger partial charge in [0.2, 0.25) is 11.8 Å². The summed E-state index contributed by atoms with van der Waals surface area (Å²) in [6.45, 7) is 0. The molecule has 2 rings (SSSR count). The summed E-state index contributed by atoms with van der Waals surface area (Å²) in [5.41, 5.74) is 5.74. The smallest absolute Gasteiger partial charge is 0.321 e. The van der Waals surface area contributed by atoms with Crippen molar-refractivity contribution >= 4 is 58.4 Å². The SMILES string of the molecule is N[C@@H](CS[C@@H]1CC(=O)N(c2ccc(Cl)c(Cl)c2)C1=O)C(=O)O. The van der Waals surface area contributed by atoms with E-state index in [-0.39, 0.29) is 23.1 Å². The van der Waals surface area contributed by atoms with Crippen LogP contribution in [0.25, 0.3) is 0 Å². The van der Waals surface area contributed by atoms with Crippen LogP contribution in [0.5, 0.6) is 0 Å². The molecule has 0 spiro atoms. The number of carbonyl (C=O) groups is 3. The molecule has 3 N–H and O–H groups in total. The Morgan fingerprint density at radius 3 is 2.68 bits per heavy atom. The molecule has 0 unspecified atom stereocenters. The number of benzene rings is 1. The molecule has 1 aromatic rings. The maximum Gasteiger partial charge on any atom is 0.321 e. The lowest BCUT2D eigenvalue weighted by Gasteiger charge is -2.16. The molecule has 0 aromatic heterocycles. The normalized spacial score (nSPS) is 19.6. The van der Waals surface area contributed by atoms with Gasteiger partial charge in [0, 0.05) is 12.2 Å². The fourth-order valence-corrected chi connectivity index (χ4v) is 3.30. The summed E-state index contributed by atoms with van der Waals surface area (Å²) in [6.07, 6.45) is -0.00388. The van der Waals surface area contributed by atoms with Crippen molar-refractivity contribution in [1.82, 2.24) is 0 Å². The Balaban J connectivity index is 2.11. The van der Waals surface area contributed by atoms with Gasteiger partial charge in [0.1, 0.15) is 6.04 Å². The van der Waals surface area contributed by atoms with Crippen LogP contribution in [0.1, 0.15) is 6.42 Å². The molecule has 1 fully saturated rings. The fourth-order valence-electron chi connectivity index (χ4n) is 1.92. The zero-order valence-corrected chi connectivity index (χ0v) is 13.5. The van der Waals surface area contributed by atoms with Gasteiger partial charge < -0.3 is 10.8 Å². The summed E-state index contributed by atoms with van der Waals surface area (Å²) in [6, 6.07) is 3.39. The summed E-state index contributed by atoms with van der Waals surface area (Å²) in [5.74, 6) is -1.88. The van der Waals surface area contributed by atoms with Gasteiger partial charge in [-0.25, -0.2) is 4.90 Å². The van der Waals surface area contributed by atoms with Gasteiger partial charge in [-0.05, 0) is 18.2 Å². The van der Waals surface area contributed by atoms with Crippen LogP contribution in [-0.4, -0.2) is 39.9 Å². The van der Waals surface area contributed by atoms with Gasteiger partial charge in [-0.3, -0.25) is 14.4 Å². The second kappa shape index (κ2) is 6.87. The summed E-state index contributed by atoms with van der Waals surface area (Å²) >= 11 is 12.8. The zero-order chi connectivity index (χ0) is 16.4. The van der Waals surface area contributed by atoms with Crippen LogP contribution in [-0.2, 0) is 14.4 Å². The molecule has 1 aromatic carbocycles. The number of nitrogens with two attached hydrogens (primary N) is 1. The highest BCUT2D eigenvalue weighted by molar-refractivity contribution is 8.00. The largest absolute Gasteiger partial charge is 0.480 e. The van der Waals surface area contributed by atoms with Gasteiger partial charge in [-0.2, -0.15) is 0 Å². The van der Waals surface area contributed by atoms with Crippen LogP contribution in [0.4, 0.5) is 5.69 Å². The highest BCUT2D eigenvalue weighted by Crippen LogP contribution is 2.33. The van der Waals surface area contributed by atoms with Gasteiger partial charge in [0.25, 0.3) is 0 Å². The van der Waals surface area contributed by atoms with Crippen LogP contribution in [0, 0.1) is 0 Å². The molecular weight excluding hydrogens is 351 g/mol. The first-order valence-corrected chi connectivity index (χ1v) is 8.03. The predicted molar refractivity (Wildman–Crippen MR) is 85.4 cm³/mol. The molecule has 1 aliphatic rings. The lowest BCUT2D eigenvalue weighted by molar-refractivity contribution is -0.138. The number of carboxylic acid groups (broad SMARTS) is 1. The van der Waals surface area contributed by atoms with E-state index in [1.807, 2.05) is 0 Å². The van der Waals surface area contributed by atoms with Crippen molar-refractivity contribution in [3.63, 3.8) is 0 Å². The summed E-state index contributed by atoms with van der Waals surface area (Å²) < 4.78 is 0. The number of rotatable bonds is 5. The van der Waals surface area contributed by atoms with Gasteiger partial charge >= 0.3 is 5.97 Å². The summed E-state index contributed by atoms with van der Waals surface area (Å²) in [4.78, 5) is 36.1. The standard InChI is InChI=1S/C13H12Cl2N2O4S/c14-7-2-1-6(3-8(7)15)17-11(18)4-10(12(17)19)22-5-9(16)13(20)21/h1-3,9-10H,4-5,16H2,(H,20,21)/t9-,10+/m0/s1. The monoisotopic (exact) mass is 362 g/mol. The van der Waals surface area contributed by atoms with Crippen molar-refractivity contribution in [3.8, 4) is 0 Å². The number of thioether (sulfide) groups is 1.